The van der Waals surface area contributed by atoms with E-state index in [1.165, 1.54) is 6.07 Å². The van der Waals surface area contributed by atoms with Gasteiger partial charge in [0.15, 0.2) is 11.6 Å². The van der Waals surface area contributed by atoms with Crippen molar-refractivity contribution in [2.24, 2.45) is 0 Å². The van der Waals surface area contributed by atoms with Crippen LogP contribution in [0.15, 0.2) is 18.2 Å². The molecule has 1 atom stereocenters. The van der Waals surface area contributed by atoms with Gasteiger partial charge >= 0.3 is 5.97 Å². The van der Waals surface area contributed by atoms with Gasteiger partial charge in [0.05, 0.1) is 0 Å². The highest BCUT2D eigenvalue weighted by molar-refractivity contribution is 5.73. The van der Waals surface area contributed by atoms with E-state index in [2.05, 4.69) is 5.32 Å². The van der Waals surface area contributed by atoms with E-state index in [4.69, 9.17) is 9.84 Å². The summed E-state index contributed by atoms with van der Waals surface area (Å²) in [5.41, 5.74) is 0. The summed E-state index contributed by atoms with van der Waals surface area (Å²) in [5.74, 6) is -3.20. The monoisotopic (exact) mass is 257 g/mol. The number of halogens is 2. The fraction of sp³-hybridized carbons (Fsp3) is 0.417. The van der Waals surface area contributed by atoms with Gasteiger partial charge in [0, 0.05) is 18.7 Å². The average molecular weight is 257 g/mol. The highest BCUT2D eigenvalue weighted by atomic mass is 19.2. The zero-order valence-electron chi connectivity index (χ0n) is 9.53. The van der Waals surface area contributed by atoms with Crippen molar-refractivity contribution in [3.63, 3.8) is 0 Å². The molecule has 0 bridgehead atoms. The Balaban J connectivity index is 1.97. The van der Waals surface area contributed by atoms with Crippen LogP contribution >= 0.6 is 0 Å². The third-order valence-electron chi connectivity index (χ3n) is 2.61. The first-order valence-corrected chi connectivity index (χ1v) is 5.64. The highest BCUT2D eigenvalue weighted by Crippen LogP contribution is 2.20. The van der Waals surface area contributed by atoms with Crippen LogP contribution in [0.4, 0.5) is 8.78 Å². The molecule has 1 aromatic rings. The lowest BCUT2D eigenvalue weighted by atomic mass is 10.3. The molecule has 0 spiro atoms. The highest BCUT2D eigenvalue weighted by Gasteiger charge is 2.26. The smallest absolute Gasteiger partial charge is 0.346 e. The second-order valence-electron chi connectivity index (χ2n) is 4.20. The predicted molar refractivity (Wildman–Crippen MR) is 59.4 cm³/mol. The van der Waals surface area contributed by atoms with Crippen LogP contribution in [0.2, 0.25) is 0 Å². The van der Waals surface area contributed by atoms with E-state index < -0.39 is 23.7 Å². The van der Waals surface area contributed by atoms with Crippen molar-refractivity contribution in [3.8, 4) is 5.75 Å². The van der Waals surface area contributed by atoms with Crippen molar-refractivity contribution in [1.29, 1.82) is 0 Å². The lowest BCUT2D eigenvalue weighted by Crippen LogP contribution is -2.38. The van der Waals surface area contributed by atoms with E-state index in [-0.39, 0.29) is 12.3 Å². The Labute approximate surface area is 103 Å². The van der Waals surface area contributed by atoms with E-state index >= 15 is 0 Å². The topological polar surface area (TPSA) is 58.6 Å². The van der Waals surface area contributed by atoms with E-state index in [9.17, 15) is 13.6 Å². The van der Waals surface area contributed by atoms with Crippen molar-refractivity contribution in [3.05, 3.63) is 29.8 Å². The van der Waals surface area contributed by atoms with Gasteiger partial charge in [-0.3, -0.25) is 0 Å². The zero-order valence-corrected chi connectivity index (χ0v) is 9.53. The number of nitrogens with one attached hydrogen (secondary N) is 1. The minimum absolute atomic E-state index is 0.00102. The Morgan fingerprint density at radius 1 is 1.44 bits per heavy atom. The standard InChI is InChI=1S/C12H13F2NO3/c13-9-4-3-8(5-10(9)14)18-11(12(16)17)6-15-7-1-2-7/h3-5,7,11,15H,1-2,6H2,(H,16,17). The number of rotatable bonds is 6. The molecule has 1 aromatic carbocycles. The molecule has 98 valence electrons. The maximum absolute atomic E-state index is 12.9. The quantitative estimate of drug-likeness (QED) is 0.811. The predicted octanol–water partition coefficient (Wildman–Crippen LogP) is 1.55. The first kappa shape index (κ1) is 12.8. The summed E-state index contributed by atoms with van der Waals surface area (Å²) in [6.07, 6.45) is 0.935. The van der Waals surface area contributed by atoms with Gasteiger partial charge in [0.1, 0.15) is 5.75 Å². The molecular formula is C12H13F2NO3. The molecule has 0 aromatic heterocycles. The first-order valence-electron chi connectivity index (χ1n) is 5.64. The first-order chi connectivity index (χ1) is 8.56. The molecule has 0 saturated heterocycles. The Hall–Kier alpha value is -1.69. The number of ether oxygens (including phenoxy) is 1. The van der Waals surface area contributed by atoms with Crippen molar-refractivity contribution in [2.75, 3.05) is 6.54 Å². The SMILES string of the molecule is O=C(O)C(CNC1CC1)Oc1ccc(F)c(F)c1. The molecule has 1 saturated carbocycles. The van der Waals surface area contributed by atoms with E-state index in [1.807, 2.05) is 0 Å². The Morgan fingerprint density at radius 3 is 2.72 bits per heavy atom. The summed E-state index contributed by atoms with van der Waals surface area (Å²) in [5, 5.41) is 12.0. The molecule has 0 radical (unpaired) electrons. The van der Waals surface area contributed by atoms with Crippen LogP contribution in [0.5, 0.6) is 5.75 Å². The van der Waals surface area contributed by atoms with Gasteiger partial charge < -0.3 is 15.2 Å². The van der Waals surface area contributed by atoms with Crippen LogP contribution in [-0.4, -0.2) is 29.8 Å². The van der Waals surface area contributed by atoms with E-state index in [0.29, 0.717) is 6.04 Å². The zero-order chi connectivity index (χ0) is 13.1. The second kappa shape index (κ2) is 5.30. The maximum Gasteiger partial charge on any atom is 0.346 e. The van der Waals surface area contributed by atoms with Crippen molar-refractivity contribution in [1.82, 2.24) is 5.32 Å². The molecule has 0 heterocycles. The minimum Gasteiger partial charge on any atom is -0.478 e. The molecule has 18 heavy (non-hydrogen) atoms. The largest absolute Gasteiger partial charge is 0.478 e. The van der Waals surface area contributed by atoms with Gasteiger partial charge in [-0.05, 0) is 25.0 Å². The van der Waals surface area contributed by atoms with Gasteiger partial charge in [-0.15, -0.1) is 0 Å². The van der Waals surface area contributed by atoms with Crippen molar-refractivity contribution < 1.29 is 23.4 Å². The Morgan fingerprint density at radius 2 is 2.17 bits per heavy atom. The number of hydrogen-bond donors (Lipinski definition) is 2. The van der Waals surface area contributed by atoms with Gasteiger partial charge in [-0.25, -0.2) is 13.6 Å². The van der Waals surface area contributed by atoms with Crippen LogP contribution in [0.3, 0.4) is 0 Å². The molecule has 0 aliphatic heterocycles. The number of benzene rings is 1. The number of carbonyl (C=O) groups is 1. The van der Waals surface area contributed by atoms with Gasteiger partial charge in [-0.2, -0.15) is 0 Å². The summed E-state index contributed by atoms with van der Waals surface area (Å²) in [7, 11) is 0. The van der Waals surface area contributed by atoms with Gasteiger partial charge in [-0.1, -0.05) is 0 Å². The van der Waals surface area contributed by atoms with Gasteiger partial charge in [0.2, 0.25) is 6.10 Å². The van der Waals surface area contributed by atoms with Crippen molar-refractivity contribution >= 4 is 5.97 Å². The molecule has 0 amide bonds. The molecule has 4 nitrogen and oxygen atoms in total. The summed E-state index contributed by atoms with van der Waals surface area (Å²) >= 11 is 0. The van der Waals surface area contributed by atoms with E-state index in [1.54, 1.807) is 0 Å². The molecule has 6 heteroatoms. The number of carboxylic acid groups (broad SMARTS) is 1. The lowest BCUT2D eigenvalue weighted by Gasteiger charge is -2.15. The molecule has 2 N–H and O–H groups in total. The molecule has 1 unspecified atom stereocenters. The summed E-state index contributed by atoms with van der Waals surface area (Å²) < 4.78 is 30.8. The fourth-order valence-corrected chi connectivity index (χ4v) is 1.45. The number of carboxylic acids is 1. The summed E-state index contributed by atoms with van der Waals surface area (Å²) in [6.45, 7) is 0.138. The number of aliphatic carboxylic acids is 1. The maximum atomic E-state index is 12.9. The average Bonchev–Trinajstić information content (AvgIpc) is 3.12. The fourth-order valence-electron chi connectivity index (χ4n) is 1.45. The third kappa shape index (κ3) is 3.40. The Bertz CT molecular complexity index is 449. The second-order valence-corrected chi connectivity index (χ2v) is 4.20. The third-order valence-corrected chi connectivity index (χ3v) is 2.61. The minimum atomic E-state index is -1.15. The van der Waals surface area contributed by atoms with Crippen LogP contribution in [0.25, 0.3) is 0 Å². The molecule has 1 aliphatic carbocycles. The summed E-state index contributed by atoms with van der Waals surface area (Å²) in [6, 6.07) is 3.28. The normalized spacial score (nSPS) is 16.3. The molecule has 1 fully saturated rings. The molecule has 2 rings (SSSR count). The van der Waals surface area contributed by atoms with Crippen LogP contribution < -0.4 is 10.1 Å². The summed E-state index contributed by atoms with van der Waals surface area (Å²) in [4.78, 5) is 11.0. The Kier molecular flexibility index (Phi) is 3.76. The van der Waals surface area contributed by atoms with Crippen LogP contribution in [0.1, 0.15) is 12.8 Å². The molecular weight excluding hydrogens is 244 g/mol. The van der Waals surface area contributed by atoms with Crippen molar-refractivity contribution in [2.45, 2.75) is 25.0 Å². The van der Waals surface area contributed by atoms with Crippen LogP contribution in [-0.2, 0) is 4.79 Å². The van der Waals surface area contributed by atoms with Crippen LogP contribution in [0, 0.1) is 11.6 Å². The molecule has 1 aliphatic rings. The van der Waals surface area contributed by atoms with E-state index in [0.717, 1.165) is 25.0 Å². The van der Waals surface area contributed by atoms with Gasteiger partial charge in [0.25, 0.3) is 0 Å². The number of hydrogen-bond acceptors (Lipinski definition) is 3. The lowest BCUT2D eigenvalue weighted by molar-refractivity contribution is -0.144.